The summed E-state index contributed by atoms with van der Waals surface area (Å²) in [6.45, 7) is 3.57. The van der Waals surface area contributed by atoms with E-state index >= 15 is 0 Å². The third-order valence-corrected chi connectivity index (χ3v) is 6.11. The fraction of sp³-hybridized carbons (Fsp3) is 0.652. The standard InChI is InChI=1S/C23H35N3O2/c1-18-10-13-21(14-11-18)25-23(28)26-16-6-7-19(17-26)12-15-22(27)24-20-8-4-2-3-5-9-20/h10-11,13-14,19-20H,2-9,12,15-17H2,1H3,(H,24,27)(H,25,28)/t19-/m1/s1. The van der Waals surface area contributed by atoms with Gasteiger partial charge in [-0.05, 0) is 57.1 Å². The van der Waals surface area contributed by atoms with E-state index in [-0.39, 0.29) is 11.9 Å². The van der Waals surface area contributed by atoms with Gasteiger partial charge in [0.1, 0.15) is 0 Å². The van der Waals surface area contributed by atoms with Gasteiger partial charge >= 0.3 is 6.03 Å². The largest absolute Gasteiger partial charge is 0.353 e. The molecule has 1 heterocycles. The predicted molar refractivity (Wildman–Crippen MR) is 113 cm³/mol. The lowest BCUT2D eigenvalue weighted by Gasteiger charge is -2.33. The Labute approximate surface area is 169 Å². The summed E-state index contributed by atoms with van der Waals surface area (Å²) in [7, 11) is 0. The average molecular weight is 386 g/mol. The zero-order valence-electron chi connectivity index (χ0n) is 17.2. The topological polar surface area (TPSA) is 61.4 Å². The van der Waals surface area contributed by atoms with Crippen LogP contribution in [0.15, 0.2) is 24.3 Å². The van der Waals surface area contributed by atoms with Crippen LogP contribution in [0, 0.1) is 12.8 Å². The van der Waals surface area contributed by atoms with Crippen molar-refractivity contribution < 1.29 is 9.59 Å². The Morgan fingerprint density at radius 1 is 1.00 bits per heavy atom. The maximum atomic E-state index is 12.6. The normalized spacial score (nSPS) is 21.0. The predicted octanol–water partition coefficient (Wildman–Crippen LogP) is 4.86. The number of piperidine rings is 1. The summed E-state index contributed by atoms with van der Waals surface area (Å²) in [4.78, 5) is 26.8. The molecule has 1 saturated heterocycles. The Balaban J connectivity index is 1.40. The van der Waals surface area contributed by atoms with E-state index in [1.54, 1.807) is 0 Å². The van der Waals surface area contributed by atoms with Crippen LogP contribution in [0.25, 0.3) is 0 Å². The van der Waals surface area contributed by atoms with E-state index in [0.717, 1.165) is 50.9 Å². The number of nitrogens with one attached hydrogen (secondary N) is 2. The molecule has 5 heteroatoms. The number of aryl methyl sites for hydroxylation is 1. The van der Waals surface area contributed by atoms with Crippen molar-refractivity contribution in [2.75, 3.05) is 18.4 Å². The first-order valence-electron chi connectivity index (χ1n) is 11.0. The molecule has 1 aromatic carbocycles. The fourth-order valence-electron chi connectivity index (χ4n) is 4.38. The smallest absolute Gasteiger partial charge is 0.321 e. The summed E-state index contributed by atoms with van der Waals surface area (Å²) in [5, 5.41) is 6.23. The van der Waals surface area contributed by atoms with E-state index in [2.05, 4.69) is 10.6 Å². The van der Waals surface area contributed by atoms with Gasteiger partial charge in [-0.25, -0.2) is 4.79 Å². The number of hydrogen-bond donors (Lipinski definition) is 2. The third-order valence-electron chi connectivity index (χ3n) is 6.11. The Morgan fingerprint density at radius 2 is 1.71 bits per heavy atom. The van der Waals surface area contributed by atoms with Crippen molar-refractivity contribution in [3.63, 3.8) is 0 Å². The quantitative estimate of drug-likeness (QED) is 0.711. The fourth-order valence-corrected chi connectivity index (χ4v) is 4.38. The molecular formula is C23H35N3O2. The van der Waals surface area contributed by atoms with Gasteiger partial charge in [-0.2, -0.15) is 0 Å². The molecule has 2 fully saturated rings. The van der Waals surface area contributed by atoms with Gasteiger partial charge in [0.25, 0.3) is 0 Å². The maximum absolute atomic E-state index is 12.6. The van der Waals surface area contributed by atoms with Crippen LogP contribution in [0.1, 0.15) is 69.8 Å². The van der Waals surface area contributed by atoms with Crippen LogP contribution >= 0.6 is 0 Å². The zero-order valence-corrected chi connectivity index (χ0v) is 17.2. The van der Waals surface area contributed by atoms with E-state index < -0.39 is 0 Å². The molecule has 1 aromatic rings. The highest BCUT2D eigenvalue weighted by Crippen LogP contribution is 2.23. The van der Waals surface area contributed by atoms with Crippen molar-refractivity contribution in [2.24, 2.45) is 5.92 Å². The highest BCUT2D eigenvalue weighted by molar-refractivity contribution is 5.89. The van der Waals surface area contributed by atoms with Gasteiger partial charge in [-0.15, -0.1) is 0 Å². The molecule has 1 aliphatic heterocycles. The van der Waals surface area contributed by atoms with Gasteiger partial charge < -0.3 is 15.5 Å². The van der Waals surface area contributed by atoms with E-state index in [1.807, 2.05) is 36.1 Å². The SMILES string of the molecule is Cc1ccc(NC(=O)N2CCC[C@H](CCC(=O)NC3CCCCCC3)C2)cc1. The van der Waals surface area contributed by atoms with Crippen molar-refractivity contribution in [1.29, 1.82) is 0 Å². The van der Waals surface area contributed by atoms with E-state index in [9.17, 15) is 9.59 Å². The minimum atomic E-state index is -0.0311. The van der Waals surface area contributed by atoms with E-state index in [0.29, 0.717) is 18.4 Å². The minimum Gasteiger partial charge on any atom is -0.353 e. The molecule has 0 unspecified atom stereocenters. The summed E-state index contributed by atoms with van der Waals surface area (Å²) < 4.78 is 0. The molecular weight excluding hydrogens is 350 g/mol. The number of carbonyl (C=O) groups is 2. The number of benzene rings is 1. The van der Waals surface area contributed by atoms with Gasteiger partial charge in [-0.1, -0.05) is 43.4 Å². The maximum Gasteiger partial charge on any atom is 0.321 e. The lowest BCUT2D eigenvalue weighted by Crippen LogP contribution is -2.42. The number of hydrogen-bond acceptors (Lipinski definition) is 2. The van der Waals surface area contributed by atoms with Crippen molar-refractivity contribution >= 4 is 17.6 Å². The number of rotatable bonds is 5. The van der Waals surface area contributed by atoms with Crippen molar-refractivity contribution in [3.8, 4) is 0 Å². The highest BCUT2D eigenvalue weighted by Gasteiger charge is 2.24. The monoisotopic (exact) mass is 385 g/mol. The van der Waals surface area contributed by atoms with Crippen LogP contribution in [0.5, 0.6) is 0 Å². The molecule has 1 aliphatic carbocycles. The summed E-state index contributed by atoms with van der Waals surface area (Å²) in [6, 6.07) is 8.22. The van der Waals surface area contributed by atoms with Crippen LogP contribution in [0.2, 0.25) is 0 Å². The molecule has 1 saturated carbocycles. The minimum absolute atomic E-state index is 0.0311. The third kappa shape index (κ3) is 6.54. The number of amides is 3. The Bertz CT molecular complexity index is 636. The van der Waals surface area contributed by atoms with Crippen molar-refractivity contribution in [3.05, 3.63) is 29.8 Å². The van der Waals surface area contributed by atoms with Crippen LogP contribution in [-0.4, -0.2) is 36.0 Å². The highest BCUT2D eigenvalue weighted by atomic mass is 16.2. The Morgan fingerprint density at radius 3 is 2.43 bits per heavy atom. The Hall–Kier alpha value is -2.04. The molecule has 28 heavy (non-hydrogen) atoms. The second kappa shape index (κ2) is 10.5. The number of carbonyl (C=O) groups excluding carboxylic acids is 2. The second-order valence-electron chi connectivity index (χ2n) is 8.55. The number of anilines is 1. The molecule has 1 atom stereocenters. The van der Waals surface area contributed by atoms with Crippen LogP contribution in [0.4, 0.5) is 10.5 Å². The molecule has 5 nitrogen and oxygen atoms in total. The van der Waals surface area contributed by atoms with Crippen molar-refractivity contribution in [1.82, 2.24) is 10.2 Å². The molecule has 0 spiro atoms. The first-order valence-corrected chi connectivity index (χ1v) is 11.0. The number of nitrogens with zero attached hydrogens (tertiary/aromatic N) is 1. The van der Waals surface area contributed by atoms with E-state index in [4.69, 9.17) is 0 Å². The first-order chi connectivity index (χ1) is 13.6. The summed E-state index contributed by atoms with van der Waals surface area (Å²) >= 11 is 0. The number of urea groups is 1. The summed E-state index contributed by atoms with van der Waals surface area (Å²) in [6.07, 6.45) is 10.9. The summed E-state index contributed by atoms with van der Waals surface area (Å²) in [5.74, 6) is 0.602. The molecule has 3 rings (SSSR count). The van der Waals surface area contributed by atoms with Crippen LogP contribution in [0.3, 0.4) is 0 Å². The second-order valence-corrected chi connectivity index (χ2v) is 8.55. The molecule has 0 radical (unpaired) electrons. The molecule has 2 N–H and O–H groups in total. The molecule has 0 bridgehead atoms. The lowest BCUT2D eigenvalue weighted by atomic mass is 9.93. The molecule has 0 aromatic heterocycles. The van der Waals surface area contributed by atoms with Gasteiger partial charge in [-0.3, -0.25) is 4.79 Å². The van der Waals surface area contributed by atoms with Crippen LogP contribution in [-0.2, 0) is 4.79 Å². The Kier molecular flexibility index (Phi) is 7.75. The molecule has 3 amide bonds. The number of likely N-dealkylation sites (tertiary alicyclic amines) is 1. The van der Waals surface area contributed by atoms with Gasteiger partial charge in [0.15, 0.2) is 0 Å². The molecule has 154 valence electrons. The average Bonchev–Trinajstić information content (AvgIpc) is 2.97. The van der Waals surface area contributed by atoms with Gasteiger partial charge in [0.2, 0.25) is 5.91 Å². The van der Waals surface area contributed by atoms with Crippen molar-refractivity contribution in [2.45, 2.75) is 77.2 Å². The van der Waals surface area contributed by atoms with Gasteiger partial charge in [0, 0.05) is 31.2 Å². The first kappa shape index (κ1) is 20.7. The lowest BCUT2D eigenvalue weighted by molar-refractivity contribution is -0.122. The van der Waals surface area contributed by atoms with Crippen LogP contribution < -0.4 is 10.6 Å². The zero-order chi connectivity index (χ0) is 19.8. The van der Waals surface area contributed by atoms with Gasteiger partial charge in [0.05, 0.1) is 0 Å². The molecule has 2 aliphatic rings. The van der Waals surface area contributed by atoms with E-state index in [1.165, 1.54) is 31.2 Å². The summed E-state index contributed by atoms with van der Waals surface area (Å²) in [5.41, 5.74) is 2.01.